The van der Waals surface area contributed by atoms with Crippen LogP contribution in [0.1, 0.15) is 48.7 Å². The molecule has 2 rings (SSSR count). The molecule has 0 spiro atoms. The fraction of sp³-hybridized carbons (Fsp3) is 0.278. The maximum absolute atomic E-state index is 12.4. The van der Waals surface area contributed by atoms with E-state index < -0.39 is 0 Å². The Bertz CT molecular complexity index is 594. The Hall–Kier alpha value is -1.16. The summed E-state index contributed by atoms with van der Waals surface area (Å²) in [4.78, 5) is 12.4. The van der Waals surface area contributed by atoms with Crippen LogP contribution in [0, 0.1) is 3.57 Å². The summed E-state index contributed by atoms with van der Waals surface area (Å²) in [6, 6.07) is 15.7. The van der Waals surface area contributed by atoms with Crippen LogP contribution in [-0.4, -0.2) is 5.78 Å². The van der Waals surface area contributed by atoms with Gasteiger partial charge in [-0.25, -0.2) is 0 Å². The van der Waals surface area contributed by atoms with Crippen molar-refractivity contribution in [2.75, 3.05) is 0 Å². The van der Waals surface area contributed by atoms with Crippen molar-refractivity contribution >= 4 is 28.4 Å². The summed E-state index contributed by atoms with van der Waals surface area (Å²) in [6.07, 6.45) is 1.08. The second-order valence-corrected chi connectivity index (χ2v) is 6.90. The minimum Gasteiger partial charge on any atom is -0.289 e. The minimum absolute atomic E-state index is 0.0854. The molecule has 2 aromatic rings. The molecule has 20 heavy (non-hydrogen) atoms. The molecule has 0 saturated carbocycles. The van der Waals surface area contributed by atoms with E-state index >= 15 is 0 Å². The molecule has 0 aliphatic carbocycles. The Morgan fingerprint density at radius 3 is 1.85 bits per heavy atom. The van der Waals surface area contributed by atoms with Crippen LogP contribution in [0.15, 0.2) is 48.5 Å². The lowest BCUT2D eigenvalue weighted by Crippen LogP contribution is -2.15. The summed E-state index contributed by atoms with van der Waals surface area (Å²) in [5.41, 5.74) is 2.93. The van der Waals surface area contributed by atoms with Crippen LogP contribution >= 0.6 is 22.6 Å². The van der Waals surface area contributed by atoms with Gasteiger partial charge in [0.2, 0.25) is 0 Å². The van der Waals surface area contributed by atoms with Crippen LogP contribution in [0.25, 0.3) is 0 Å². The van der Waals surface area contributed by atoms with Crippen molar-refractivity contribution in [3.63, 3.8) is 0 Å². The van der Waals surface area contributed by atoms with E-state index in [1.807, 2.05) is 36.4 Å². The van der Waals surface area contributed by atoms with E-state index in [-0.39, 0.29) is 11.2 Å². The molecule has 2 heteroatoms. The van der Waals surface area contributed by atoms with Gasteiger partial charge in [-0.05, 0) is 64.3 Å². The van der Waals surface area contributed by atoms with Gasteiger partial charge >= 0.3 is 0 Å². The summed E-state index contributed by atoms with van der Waals surface area (Å²) in [5.74, 6) is 0.0854. The maximum Gasteiger partial charge on any atom is 0.193 e. The lowest BCUT2D eigenvalue weighted by atomic mass is 9.82. The second kappa shape index (κ2) is 6.08. The van der Waals surface area contributed by atoms with Crippen LogP contribution in [0.3, 0.4) is 0 Å². The Balaban J connectivity index is 2.26. The van der Waals surface area contributed by atoms with Gasteiger partial charge in [0.25, 0.3) is 0 Å². The molecule has 0 N–H and O–H groups in total. The predicted octanol–water partition coefficient (Wildman–Crippen LogP) is 5.21. The average Bonchev–Trinajstić information content (AvgIpc) is 2.47. The van der Waals surface area contributed by atoms with Crippen LogP contribution in [0.4, 0.5) is 0 Å². The van der Waals surface area contributed by atoms with Gasteiger partial charge in [0.05, 0.1) is 0 Å². The van der Waals surface area contributed by atoms with Crippen molar-refractivity contribution in [3.8, 4) is 0 Å². The van der Waals surface area contributed by atoms with Crippen molar-refractivity contribution in [2.45, 2.75) is 32.6 Å². The number of hydrogen-bond donors (Lipinski definition) is 0. The first-order valence-corrected chi connectivity index (χ1v) is 7.93. The first-order valence-electron chi connectivity index (χ1n) is 6.85. The number of ketones is 1. The third-order valence-electron chi connectivity index (χ3n) is 3.92. The number of carbonyl (C=O) groups is 1. The van der Waals surface area contributed by atoms with E-state index in [0.29, 0.717) is 0 Å². The van der Waals surface area contributed by atoms with E-state index in [9.17, 15) is 4.79 Å². The molecule has 0 aliphatic heterocycles. The Labute approximate surface area is 134 Å². The monoisotopic (exact) mass is 378 g/mol. The number of hydrogen-bond acceptors (Lipinski definition) is 1. The first kappa shape index (κ1) is 15.2. The highest BCUT2D eigenvalue weighted by Gasteiger charge is 2.18. The molecule has 0 heterocycles. The smallest absolute Gasteiger partial charge is 0.193 e. The van der Waals surface area contributed by atoms with E-state index in [0.717, 1.165) is 21.1 Å². The molecule has 0 unspecified atom stereocenters. The topological polar surface area (TPSA) is 17.1 Å². The molecule has 0 radical (unpaired) electrons. The first-order chi connectivity index (χ1) is 9.44. The van der Waals surface area contributed by atoms with Gasteiger partial charge in [0, 0.05) is 14.7 Å². The molecule has 0 amide bonds. The number of halogens is 1. The predicted molar refractivity (Wildman–Crippen MR) is 92.4 cm³/mol. The zero-order chi connectivity index (χ0) is 14.8. The molecular weight excluding hydrogens is 359 g/mol. The second-order valence-electron chi connectivity index (χ2n) is 5.65. The molecule has 0 bridgehead atoms. The van der Waals surface area contributed by atoms with Crippen LogP contribution in [0.2, 0.25) is 0 Å². The average molecular weight is 378 g/mol. The fourth-order valence-corrected chi connectivity index (χ4v) is 2.40. The highest BCUT2D eigenvalue weighted by Crippen LogP contribution is 2.27. The summed E-state index contributed by atoms with van der Waals surface area (Å²) in [6.45, 7) is 6.64. The zero-order valence-corrected chi connectivity index (χ0v) is 14.3. The van der Waals surface area contributed by atoms with E-state index in [2.05, 4.69) is 55.5 Å². The van der Waals surface area contributed by atoms with Crippen molar-refractivity contribution in [1.29, 1.82) is 0 Å². The Morgan fingerprint density at radius 2 is 1.40 bits per heavy atom. The summed E-state index contributed by atoms with van der Waals surface area (Å²) >= 11 is 2.24. The van der Waals surface area contributed by atoms with Gasteiger partial charge in [-0.15, -0.1) is 0 Å². The van der Waals surface area contributed by atoms with Crippen LogP contribution in [0.5, 0.6) is 0 Å². The van der Waals surface area contributed by atoms with E-state index in [1.165, 1.54) is 5.56 Å². The molecule has 0 aromatic heterocycles. The van der Waals surface area contributed by atoms with Crippen LogP contribution < -0.4 is 0 Å². The van der Waals surface area contributed by atoms with Gasteiger partial charge in [-0.2, -0.15) is 0 Å². The SMILES string of the molecule is CCC(C)(C)c1ccc(C(=O)c2ccc(I)cc2)cc1. The third-order valence-corrected chi connectivity index (χ3v) is 4.64. The van der Waals surface area contributed by atoms with E-state index in [1.54, 1.807) is 0 Å². The summed E-state index contributed by atoms with van der Waals surface area (Å²) in [5, 5.41) is 0. The molecule has 0 atom stereocenters. The molecule has 104 valence electrons. The minimum atomic E-state index is 0.0854. The van der Waals surface area contributed by atoms with Crippen molar-refractivity contribution < 1.29 is 4.79 Å². The standard InChI is InChI=1S/C18H19IO/c1-4-18(2,3)15-9-5-13(6-10-15)17(20)14-7-11-16(19)12-8-14/h5-12H,4H2,1-3H3. The van der Waals surface area contributed by atoms with Crippen molar-refractivity contribution in [3.05, 3.63) is 68.8 Å². The van der Waals surface area contributed by atoms with Gasteiger partial charge in [-0.3, -0.25) is 4.79 Å². The quantitative estimate of drug-likeness (QED) is 0.527. The molecule has 1 nitrogen and oxygen atoms in total. The molecular formula is C18H19IO. The van der Waals surface area contributed by atoms with Gasteiger partial charge < -0.3 is 0 Å². The largest absolute Gasteiger partial charge is 0.289 e. The molecule has 2 aromatic carbocycles. The molecule has 0 fully saturated rings. The van der Waals surface area contributed by atoms with Gasteiger partial charge in [-0.1, -0.05) is 45.0 Å². The normalized spacial score (nSPS) is 11.4. The van der Waals surface area contributed by atoms with E-state index in [4.69, 9.17) is 0 Å². The fourth-order valence-electron chi connectivity index (χ4n) is 2.04. The van der Waals surface area contributed by atoms with Gasteiger partial charge in [0.15, 0.2) is 5.78 Å². The van der Waals surface area contributed by atoms with Crippen LogP contribution in [-0.2, 0) is 5.41 Å². The third kappa shape index (κ3) is 3.29. The highest BCUT2D eigenvalue weighted by atomic mass is 127. The molecule has 0 aliphatic rings. The number of carbonyl (C=O) groups excluding carboxylic acids is 1. The Morgan fingerprint density at radius 1 is 0.950 bits per heavy atom. The number of rotatable bonds is 4. The lowest BCUT2D eigenvalue weighted by molar-refractivity contribution is 0.103. The van der Waals surface area contributed by atoms with Gasteiger partial charge in [0.1, 0.15) is 0 Å². The lowest BCUT2D eigenvalue weighted by Gasteiger charge is -2.23. The number of benzene rings is 2. The highest BCUT2D eigenvalue weighted by molar-refractivity contribution is 14.1. The zero-order valence-electron chi connectivity index (χ0n) is 12.1. The summed E-state index contributed by atoms with van der Waals surface area (Å²) < 4.78 is 1.14. The summed E-state index contributed by atoms with van der Waals surface area (Å²) in [7, 11) is 0. The Kier molecular flexibility index (Phi) is 4.63. The molecule has 0 saturated heterocycles. The van der Waals surface area contributed by atoms with Crippen molar-refractivity contribution in [1.82, 2.24) is 0 Å². The maximum atomic E-state index is 12.4. The van der Waals surface area contributed by atoms with Crippen molar-refractivity contribution in [2.24, 2.45) is 0 Å².